The van der Waals surface area contributed by atoms with Crippen LogP contribution < -0.4 is 14.4 Å². The topological polar surface area (TPSA) is 115 Å². The van der Waals surface area contributed by atoms with Gasteiger partial charge in [-0.2, -0.15) is 0 Å². The minimum Gasteiger partial charge on any atom is -0.507 e. The molecule has 9 nitrogen and oxygen atoms in total. The van der Waals surface area contributed by atoms with E-state index in [2.05, 4.69) is 4.98 Å². The second-order valence-corrected chi connectivity index (χ2v) is 10.4. The molecule has 0 radical (unpaired) electrons. The SMILES string of the molecule is CCOC(=O)c1sc(N2C(=O)C(=O)/C(=C(/O)c3ccc(OC)cc3)C2c2cccc(OCc3ccccc3)c2)nc1C. The van der Waals surface area contributed by atoms with Gasteiger partial charge in [-0.05, 0) is 61.4 Å². The zero-order valence-electron chi connectivity index (χ0n) is 23.2. The smallest absolute Gasteiger partial charge is 0.350 e. The van der Waals surface area contributed by atoms with Crippen molar-refractivity contribution in [1.82, 2.24) is 4.98 Å². The molecule has 5 rings (SSSR count). The van der Waals surface area contributed by atoms with Crippen LogP contribution in [-0.2, 0) is 20.9 Å². The van der Waals surface area contributed by atoms with Gasteiger partial charge in [-0.1, -0.05) is 53.8 Å². The molecule has 1 aromatic heterocycles. The number of ether oxygens (including phenoxy) is 3. The van der Waals surface area contributed by atoms with Crippen molar-refractivity contribution in [2.75, 3.05) is 18.6 Å². The number of thiazole rings is 1. The second-order valence-electron chi connectivity index (χ2n) is 9.38. The number of amides is 1. The summed E-state index contributed by atoms with van der Waals surface area (Å²) in [4.78, 5) is 45.6. The Bertz CT molecular complexity index is 1660. The molecule has 1 aliphatic heterocycles. The zero-order chi connectivity index (χ0) is 29.8. The quantitative estimate of drug-likeness (QED) is 0.113. The van der Waals surface area contributed by atoms with E-state index in [1.807, 2.05) is 30.3 Å². The Morgan fingerprint density at radius 3 is 2.43 bits per heavy atom. The molecule has 1 atom stereocenters. The van der Waals surface area contributed by atoms with Crippen LogP contribution in [0.3, 0.4) is 0 Å². The summed E-state index contributed by atoms with van der Waals surface area (Å²) in [5.41, 5.74) is 2.07. The number of aromatic nitrogens is 1. The molecule has 42 heavy (non-hydrogen) atoms. The predicted molar refractivity (Wildman–Crippen MR) is 158 cm³/mol. The summed E-state index contributed by atoms with van der Waals surface area (Å²) in [5.74, 6) is -1.60. The Hall–Kier alpha value is -4.96. The zero-order valence-corrected chi connectivity index (χ0v) is 24.0. The van der Waals surface area contributed by atoms with E-state index in [4.69, 9.17) is 14.2 Å². The van der Waals surface area contributed by atoms with E-state index in [9.17, 15) is 19.5 Å². The first-order valence-corrected chi connectivity index (χ1v) is 14.0. The summed E-state index contributed by atoms with van der Waals surface area (Å²) in [5, 5.41) is 11.6. The van der Waals surface area contributed by atoms with Crippen LogP contribution in [0.1, 0.15) is 45.0 Å². The fourth-order valence-electron chi connectivity index (χ4n) is 4.64. The molecule has 214 valence electrons. The van der Waals surface area contributed by atoms with Crippen molar-refractivity contribution in [3.63, 3.8) is 0 Å². The van der Waals surface area contributed by atoms with E-state index in [1.165, 1.54) is 12.0 Å². The number of Topliss-reactive ketones (excluding diaryl/α,β-unsaturated/α-hetero) is 1. The van der Waals surface area contributed by atoms with Crippen LogP contribution in [0.2, 0.25) is 0 Å². The summed E-state index contributed by atoms with van der Waals surface area (Å²) in [6.45, 7) is 3.81. The number of carbonyl (C=O) groups is 3. The van der Waals surface area contributed by atoms with E-state index in [-0.39, 0.29) is 27.9 Å². The number of aliphatic hydroxyl groups is 1. The minimum absolute atomic E-state index is 0.115. The maximum Gasteiger partial charge on any atom is 0.350 e. The van der Waals surface area contributed by atoms with Crippen LogP contribution >= 0.6 is 11.3 Å². The third-order valence-corrected chi connectivity index (χ3v) is 7.82. The normalized spacial score (nSPS) is 16.0. The average molecular weight is 585 g/mol. The molecule has 10 heteroatoms. The molecular weight excluding hydrogens is 556 g/mol. The average Bonchev–Trinajstić information content (AvgIpc) is 3.52. The van der Waals surface area contributed by atoms with Crippen LogP contribution in [-0.4, -0.2) is 41.5 Å². The van der Waals surface area contributed by atoms with Gasteiger partial charge >= 0.3 is 11.9 Å². The monoisotopic (exact) mass is 584 g/mol. The van der Waals surface area contributed by atoms with Crippen molar-refractivity contribution >= 4 is 39.9 Å². The lowest BCUT2D eigenvalue weighted by molar-refractivity contribution is -0.132. The third kappa shape index (κ3) is 5.61. The van der Waals surface area contributed by atoms with Crippen molar-refractivity contribution in [2.24, 2.45) is 0 Å². The van der Waals surface area contributed by atoms with E-state index in [1.54, 1.807) is 62.4 Å². The van der Waals surface area contributed by atoms with Crippen LogP contribution in [0, 0.1) is 6.92 Å². The predicted octanol–water partition coefficient (Wildman–Crippen LogP) is 5.84. The first-order valence-electron chi connectivity index (χ1n) is 13.2. The van der Waals surface area contributed by atoms with Crippen LogP contribution in [0.25, 0.3) is 5.76 Å². The van der Waals surface area contributed by atoms with Gasteiger partial charge in [-0.15, -0.1) is 0 Å². The van der Waals surface area contributed by atoms with Crippen molar-refractivity contribution in [3.05, 3.63) is 112 Å². The summed E-state index contributed by atoms with van der Waals surface area (Å²) >= 11 is 0.950. The molecule has 0 bridgehead atoms. The van der Waals surface area contributed by atoms with Gasteiger partial charge in [-0.3, -0.25) is 14.5 Å². The summed E-state index contributed by atoms with van der Waals surface area (Å²) in [6.07, 6.45) is 0. The van der Waals surface area contributed by atoms with E-state index in [0.717, 1.165) is 16.9 Å². The Morgan fingerprint density at radius 2 is 1.74 bits per heavy atom. The molecule has 0 spiro atoms. The molecule has 1 aliphatic rings. The maximum atomic E-state index is 13.6. The van der Waals surface area contributed by atoms with Crippen LogP contribution in [0.5, 0.6) is 11.5 Å². The van der Waals surface area contributed by atoms with Gasteiger partial charge in [0.1, 0.15) is 28.7 Å². The molecule has 1 fully saturated rings. The van der Waals surface area contributed by atoms with Crippen LogP contribution in [0.15, 0.2) is 84.4 Å². The fraction of sp³-hybridized carbons (Fsp3) is 0.188. The summed E-state index contributed by atoms with van der Waals surface area (Å²) in [7, 11) is 1.52. The number of methoxy groups -OCH3 is 1. The number of rotatable bonds is 9. The minimum atomic E-state index is -1.05. The maximum absolute atomic E-state index is 13.6. The standard InChI is InChI=1S/C32H28N2O7S/c1-4-40-31(38)29-19(2)33-32(42-29)34-26(22-11-8-12-24(17-22)41-18-20-9-6-5-7-10-20)25(28(36)30(34)37)27(35)21-13-15-23(39-3)16-14-21/h5-17,26,35H,4,18H2,1-3H3/b27-25+. The lowest BCUT2D eigenvalue weighted by Crippen LogP contribution is -2.29. The summed E-state index contributed by atoms with van der Waals surface area (Å²) < 4.78 is 16.4. The number of benzene rings is 3. The number of esters is 1. The van der Waals surface area contributed by atoms with Crippen molar-refractivity contribution in [3.8, 4) is 11.5 Å². The van der Waals surface area contributed by atoms with Gasteiger partial charge in [0.15, 0.2) is 5.13 Å². The molecule has 0 saturated carbocycles. The number of hydrogen-bond acceptors (Lipinski definition) is 9. The lowest BCUT2D eigenvalue weighted by atomic mass is 9.95. The van der Waals surface area contributed by atoms with Gasteiger partial charge in [0.2, 0.25) is 0 Å². The molecule has 4 aromatic rings. The number of anilines is 1. The summed E-state index contributed by atoms with van der Waals surface area (Å²) in [6, 6.07) is 22.1. The molecule has 1 N–H and O–H groups in total. The molecule has 1 amide bonds. The van der Waals surface area contributed by atoms with Gasteiger partial charge in [0.05, 0.1) is 31.0 Å². The fourth-order valence-corrected chi connectivity index (χ4v) is 5.62. The highest BCUT2D eigenvalue weighted by Crippen LogP contribution is 2.44. The van der Waals surface area contributed by atoms with Gasteiger partial charge < -0.3 is 19.3 Å². The number of hydrogen-bond donors (Lipinski definition) is 1. The van der Waals surface area contributed by atoms with E-state index in [0.29, 0.717) is 34.9 Å². The van der Waals surface area contributed by atoms with Crippen molar-refractivity contribution < 1.29 is 33.7 Å². The third-order valence-electron chi connectivity index (χ3n) is 6.68. The Kier molecular flexibility index (Phi) is 8.35. The highest BCUT2D eigenvalue weighted by molar-refractivity contribution is 7.17. The first kappa shape index (κ1) is 28.6. The van der Waals surface area contributed by atoms with Crippen molar-refractivity contribution in [2.45, 2.75) is 26.5 Å². The van der Waals surface area contributed by atoms with Gasteiger partial charge in [0.25, 0.3) is 5.78 Å². The second kappa shape index (κ2) is 12.3. The first-order chi connectivity index (χ1) is 20.3. The number of ketones is 1. The Balaban J connectivity index is 1.61. The molecule has 2 heterocycles. The van der Waals surface area contributed by atoms with E-state index >= 15 is 0 Å². The molecule has 3 aromatic carbocycles. The number of carbonyl (C=O) groups excluding carboxylic acids is 3. The largest absolute Gasteiger partial charge is 0.507 e. The highest BCUT2D eigenvalue weighted by atomic mass is 32.1. The molecule has 1 unspecified atom stereocenters. The number of aryl methyl sites for hydroxylation is 1. The van der Waals surface area contributed by atoms with E-state index < -0.39 is 23.7 Å². The highest BCUT2D eigenvalue weighted by Gasteiger charge is 2.48. The van der Waals surface area contributed by atoms with Crippen LogP contribution in [0.4, 0.5) is 5.13 Å². The number of nitrogens with zero attached hydrogens (tertiary/aromatic N) is 2. The van der Waals surface area contributed by atoms with Gasteiger partial charge in [-0.25, -0.2) is 9.78 Å². The molecular formula is C32H28N2O7S. The Labute approximate surface area is 246 Å². The molecule has 1 saturated heterocycles. The van der Waals surface area contributed by atoms with Crippen molar-refractivity contribution in [1.29, 1.82) is 0 Å². The lowest BCUT2D eigenvalue weighted by Gasteiger charge is -2.23. The molecule has 0 aliphatic carbocycles. The van der Waals surface area contributed by atoms with Gasteiger partial charge in [0, 0.05) is 5.56 Å². The number of aliphatic hydroxyl groups excluding tert-OH is 1. The Morgan fingerprint density at radius 1 is 1.00 bits per heavy atom.